The molecule has 1 aliphatic rings. The number of aromatic nitrogens is 1. The fourth-order valence-corrected chi connectivity index (χ4v) is 2.08. The van der Waals surface area contributed by atoms with Crippen LogP contribution in [0.1, 0.15) is 6.92 Å². The maximum Gasteiger partial charge on any atom is 0.253 e. The van der Waals surface area contributed by atoms with Crippen LogP contribution in [0.5, 0.6) is 0 Å². The molecule has 0 amide bonds. The molecule has 1 atom stereocenters. The number of ether oxygens (including phenoxy) is 1. The van der Waals surface area contributed by atoms with E-state index in [1.54, 1.807) is 6.92 Å². The van der Waals surface area contributed by atoms with Crippen molar-refractivity contribution in [3.05, 3.63) is 23.5 Å². The van der Waals surface area contributed by atoms with Gasteiger partial charge in [0, 0.05) is 25.7 Å². The van der Waals surface area contributed by atoms with Crippen LogP contribution < -0.4 is 5.32 Å². The van der Waals surface area contributed by atoms with Crippen LogP contribution in [0, 0.1) is 23.5 Å². The van der Waals surface area contributed by atoms with Crippen LogP contribution in [-0.4, -0.2) is 48.8 Å². The first-order chi connectivity index (χ1) is 9.49. The van der Waals surface area contributed by atoms with Crippen LogP contribution in [0.2, 0.25) is 0 Å². The second-order valence-electron chi connectivity index (χ2n) is 4.65. The Bertz CT molecular complexity index is 454. The normalized spacial score (nSPS) is 18.1. The summed E-state index contributed by atoms with van der Waals surface area (Å²) in [6.45, 7) is 4.74. The summed E-state index contributed by atoms with van der Waals surface area (Å²) in [5.74, 6) is -6.36. The number of anilines is 1. The first-order valence-corrected chi connectivity index (χ1v) is 6.25. The van der Waals surface area contributed by atoms with Gasteiger partial charge < -0.3 is 10.1 Å². The minimum Gasteiger partial charge on any atom is -0.379 e. The van der Waals surface area contributed by atoms with Gasteiger partial charge in [-0.1, -0.05) is 0 Å². The lowest BCUT2D eigenvalue weighted by Gasteiger charge is -2.29. The molecular formula is C12H15F4N3O. The number of nitrogens with zero attached hydrogens (tertiary/aromatic N) is 2. The van der Waals surface area contributed by atoms with Crippen molar-refractivity contribution >= 4 is 5.69 Å². The molecule has 2 rings (SSSR count). The summed E-state index contributed by atoms with van der Waals surface area (Å²) in [5, 5.41) is 2.45. The summed E-state index contributed by atoms with van der Waals surface area (Å²) >= 11 is 0. The number of morpholine rings is 1. The Morgan fingerprint density at radius 3 is 2.25 bits per heavy atom. The van der Waals surface area contributed by atoms with Gasteiger partial charge in [-0.3, -0.25) is 4.90 Å². The topological polar surface area (TPSA) is 37.4 Å². The molecule has 2 heterocycles. The fraction of sp³-hybridized carbons (Fsp3) is 0.583. The lowest BCUT2D eigenvalue weighted by atomic mass is 10.2. The highest BCUT2D eigenvalue weighted by molar-refractivity contribution is 5.46. The lowest BCUT2D eigenvalue weighted by Crippen LogP contribution is -2.42. The third kappa shape index (κ3) is 3.37. The molecular weight excluding hydrogens is 278 g/mol. The highest BCUT2D eigenvalue weighted by atomic mass is 19.2. The van der Waals surface area contributed by atoms with Gasteiger partial charge in [-0.15, -0.1) is 0 Å². The van der Waals surface area contributed by atoms with Crippen LogP contribution in [0.25, 0.3) is 0 Å². The van der Waals surface area contributed by atoms with E-state index in [2.05, 4.69) is 10.3 Å². The number of halogens is 4. The number of hydrogen-bond donors (Lipinski definition) is 1. The van der Waals surface area contributed by atoms with Crippen molar-refractivity contribution in [1.82, 2.24) is 9.88 Å². The van der Waals surface area contributed by atoms with E-state index >= 15 is 0 Å². The van der Waals surface area contributed by atoms with Crippen LogP contribution >= 0.6 is 0 Å². The van der Waals surface area contributed by atoms with E-state index in [4.69, 9.17) is 4.74 Å². The van der Waals surface area contributed by atoms with E-state index in [0.717, 1.165) is 0 Å². The molecule has 1 saturated heterocycles. The van der Waals surface area contributed by atoms with Crippen molar-refractivity contribution in [2.45, 2.75) is 13.0 Å². The second-order valence-corrected chi connectivity index (χ2v) is 4.65. The van der Waals surface area contributed by atoms with E-state index in [9.17, 15) is 17.6 Å². The van der Waals surface area contributed by atoms with E-state index < -0.39 is 35.3 Å². The summed E-state index contributed by atoms with van der Waals surface area (Å²) in [6.07, 6.45) is 0. The molecule has 1 fully saturated rings. The van der Waals surface area contributed by atoms with Gasteiger partial charge in [0.05, 0.1) is 13.2 Å². The standard InChI is InChI=1S/C12H15F4N3O/c1-7(6-19-2-4-20-5-3-19)17-10-8(13)11(15)18-12(16)9(10)14/h7H,2-6H2,1H3,(H,17,18). The van der Waals surface area contributed by atoms with Crippen molar-refractivity contribution in [3.63, 3.8) is 0 Å². The zero-order valence-corrected chi connectivity index (χ0v) is 10.9. The summed E-state index contributed by atoms with van der Waals surface area (Å²) in [4.78, 5) is 4.54. The van der Waals surface area contributed by atoms with Crippen LogP contribution in [0.15, 0.2) is 0 Å². The molecule has 1 unspecified atom stereocenters. The molecule has 1 aromatic rings. The Morgan fingerprint density at radius 1 is 1.15 bits per heavy atom. The first-order valence-electron chi connectivity index (χ1n) is 6.25. The quantitative estimate of drug-likeness (QED) is 0.678. The SMILES string of the molecule is CC(CN1CCOCC1)Nc1c(F)c(F)nc(F)c1F. The average molecular weight is 293 g/mol. The van der Waals surface area contributed by atoms with Crippen molar-refractivity contribution in [2.24, 2.45) is 0 Å². The van der Waals surface area contributed by atoms with Crippen molar-refractivity contribution < 1.29 is 22.3 Å². The van der Waals surface area contributed by atoms with Gasteiger partial charge in [-0.05, 0) is 6.92 Å². The average Bonchev–Trinajstić information content (AvgIpc) is 2.42. The molecule has 0 aromatic carbocycles. The molecule has 20 heavy (non-hydrogen) atoms. The summed E-state index contributed by atoms with van der Waals surface area (Å²) < 4.78 is 58.0. The summed E-state index contributed by atoms with van der Waals surface area (Å²) in [7, 11) is 0. The molecule has 0 radical (unpaired) electrons. The molecule has 0 bridgehead atoms. The van der Waals surface area contributed by atoms with Crippen LogP contribution in [-0.2, 0) is 4.74 Å². The zero-order valence-electron chi connectivity index (χ0n) is 10.9. The maximum atomic E-state index is 13.4. The van der Waals surface area contributed by atoms with E-state index in [0.29, 0.717) is 32.8 Å². The van der Waals surface area contributed by atoms with Crippen molar-refractivity contribution in [3.8, 4) is 0 Å². The van der Waals surface area contributed by atoms with Crippen LogP contribution in [0.4, 0.5) is 23.2 Å². The Labute approximate surface area is 113 Å². The Kier molecular flexibility index (Phi) is 4.77. The molecule has 1 aliphatic heterocycles. The Balaban J connectivity index is 2.05. The van der Waals surface area contributed by atoms with Gasteiger partial charge in [0.1, 0.15) is 5.69 Å². The molecule has 8 heteroatoms. The molecule has 0 spiro atoms. The van der Waals surface area contributed by atoms with Gasteiger partial charge in [-0.2, -0.15) is 22.5 Å². The van der Waals surface area contributed by atoms with Crippen LogP contribution in [0.3, 0.4) is 0 Å². The summed E-state index contributed by atoms with van der Waals surface area (Å²) in [6, 6.07) is -0.390. The summed E-state index contributed by atoms with van der Waals surface area (Å²) in [5.41, 5.74) is -0.823. The van der Waals surface area contributed by atoms with Crippen molar-refractivity contribution in [2.75, 3.05) is 38.2 Å². The molecule has 0 aliphatic carbocycles. The van der Waals surface area contributed by atoms with Gasteiger partial charge >= 0.3 is 0 Å². The zero-order chi connectivity index (χ0) is 14.7. The highest BCUT2D eigenvalue weighted by Crippen LogP contribution is 2.22. The minimum atomic E-state index is -1.66. The molecule has 4 nitrogen and oxygen atoms in total. The van der Waals surface area contributed by atoms with Gasteiger partial charge in [0.25, 0.3) is 11.9 Å². The highest BCUT2D eigenvalue weighted by Gasteiger charge is 2.22. The van der Waals surface area contributed by atoms with E-state index in [1.165, 1.54) is 0 Å². The largest absolute Gasteiger partial charge is 0.379 e. The smallest absolute Gasteiger partial charge is 0.253 e. The monoisotopic (exact) mass is 293 g/mol. The number of rotatable bonds is 4. The van der Waals surface area contributed by atoms with Crippen molar-refractivity contribution in [1.29, 1.82) is 0 Å². The predicted molar refractivity (Wildman–Crippen MR) is 64.4 cm³/mol. The third-order valence-electron chi connectivity index (χ3n) is 3.02. The first kappa shape index (κ1) is 15.0. The molecule has 1 N–H and O–H groups in total. The molecule has 1 aromatic heterocycles. The van der Waals surface area contributed by atoms with Gasteiger partial charge in [0.2, 0.25) is 11.6 Å². The Hall–Kier alpha value is -1.41. The Morgan fingerprint density at radius 2 is 1.70 bits per heavy atom. The predicted octanol–water partition coefficient (Wildman–Crippen LogP) is 1.77. The second kappa shape index (κ2) is 6.36. The minimum absolute atomic E-state index is 0.390. The van der Waals surface area contributed by atoms with E-state index in [1.807, 2.05) is 4.90 Å². The number of nitrogens with one attached hydrogen (secondary N) is 1. The van der Waals surface area contributed by atoms with Gasteiger partial charge in [-0.25, -0.2) is 0 Å². The third-order valence-corrected chi connectivity index (χ3v) is 3.02. The molecule has 112 valence electrons. The van der Waals surface area contributed by atoms with Gasteiger partial charge in [0.15, 0.2) is 0 Å². The fourth-order valence-electron chi connectivity index (χ4n) is 2.08. The molecule has 0 saturated carbocycles. The van der Waals surface area contributed by atoms with E-state index in [-0.39, 0.29) is 0 Å². The number of pyridine rings is 1. The lowest BCUT2D eigenvalue weighted by molar-refractivity contribution is 0.0367. The number of hydrogen-bond acceptors (Lipinski definition) is 4. The maximum absolute atomic E-state index is 13.4.